The number of halogens is 3. The molecule has 0 radical (unpaired) electrons. The number of nitrogens with one attached hydrogen (secondary N) is 3. The van der Waals surface area contributed by atoms with Gasteiger partial charge in [-0.3, -0.25) is 0 Å². The van der Waals surface area contributed by atoms with Gasteiger partial charge in [0.15, 0.2) is 0 Å². The van der Waals surface area contributed by atoms with Crippen LogP contribution in [0.3, 0.4) is 0 Å². The number of anilines is 2. The molecule has 0 spiro atoms. The van der Waals surface area contributed by atoms with E-state index in [1.807, 2.05) is 0 Å². The van der Waals surface area contributed by atoms with Crippen molar-refractivity contribution in [1.82, 2.24) is 20.6 Å². The molecule has 0 unspecified atom stereocenters. The van der Waals surface area contributed by atoms with Crippen molar-refractivity contribution in [1.29, 1.82) is 0 Å². The van der Waals surface area contributed by atoms with Gasteiger partial charge in [0, 0.05) is 24.5 Å². The van der Waals surface area contributed by atoms with E-state index in [1.165, 1.54) is 12.1 Å². The van der Waals surface area contributed by atoms with Gasteiger partial charge >= 0.3 is 6.18 Å². The minimum atomic E-state index is -4.34. The van der Waals surface area contributed by atoms with Crippen molar-refractivity contribution >= 4 is 11.6 Å². The van der Waals surface area contributed by atoms with Gasteiger partial charge in [-0.05, 0) is 62.2 Å². The second-order valence-electron chi connectivity index (χ2n) is 6.62. The highest BCUT2D eigenvalue weighted by Crippen LogP contribution is 2.30. The Labute approximate surface area is 156 Å². The average Bonchev–Trinajstić information content (AvgIpc) is 2.67. The zero-order valence-electron chi connectivity index (χ0n) is 15.2. The molecule has 27 heavy (non-hydrogen) atoms. The summed E-state index contributed by atoms with van der Waals surface area (Å²) in [5.74, 6) is 0.383. The van der Waals surface area contributed by atoms with Crippen molar-refractivity contribution < 1.29 is 13.2 Å². The van der Waals surface area contributed by atoms with Crippen molar-refractivity contribution in [2.75, 3.05) is 18.4 Å². The summed E-state index contributed by atoms with van der Waals surface area (Å²) in [6.07, 6.45) is 0.431. The van der Waals surface area contributed by atoms with Crippen LogP contribution in [-0.4, -0.2) is 29.1 Å². The fraction of sp³-hybridized carbons (Fsp3) is 0.474. The van der Waals surface area contributed by atoms with Crippen molar-refractivity contribution in [3.05, 3.63) is 47.3 Å². The van der Waals surface area contributed by atoms with E-state index in [4.69, 9.17) is 0 Å². The molecule has 1 aliphatic rings. The van der Waals surface area contributed by atoms with Gasteiger partial charge in [-0.1, -0.05) is 6.92 Å². The summed E-state index contributed by atoms with van der Waals surface area (Å²) in [5, 5.41) is 9.87. The summed E-state index contributed by atoms with van der Waals surface area (Å²) >= 11 is 0. The molecule has 0 amide bonds. The topological polar surface area (TPSA) is 61.9 Å². The van der Waals surface area contributed by atoms with Gasteiger partial charge in [0.05, 0.1) is 11.3 Å². The lowest BCUT2D eigenvalue weighted by atomic mass is 10.1. The van der Waals surface area contributed by atoms with Gasteiger partial charge in [-0.2, -0.15) is 13.2 Å². The van der Waals surface area contributed by atoms with Crippen LogP contribution in [0.15, 0.2) is 30.5 Å². The number of hydrogen-bond donors (Lipinski definition) is 3. The monoisotopic (exact) mass is 379 g/mol. The first-order valence-corrected chi connectivity index (χ1v) is 9.19. The van der Waals surface area contributed by atoms with Gasteiger partial charge in [0.2, 0.25) is 5.95 Å². The number of piperidine rings is 1. The molecule has 1 fully saturated rings. The van der Waals surface area contributed by atoms with Gasteiger partial charge < -0.3 is 16.0 Å². The molecule has 1 saturated heterocycles. The zero-order chi connectivity index (χ0) is 19.3. The molecule has 1 aromatic heterocycles. The van der Waals surface area contributed by atoms with Crippen LogP contribution in [0.4, 0.5) is 24.8 Å². The molecule has 3 rings (SSSR count). The second-order valence-corrected chi connectivity index (χ2v) is 6.62. The summed E-state index contributed by atoms with van der Waals surface area (Å²) in [6.45, 7) is 4.74. The van der Waals surface area contributed by atoms with Crippen molar-refractivity contribution in [2.24, 2.45) is 0 Å². The van der Waals surface area contributed by atoms with Crippen LogP contribution in [-0.2, 0) is 19.1 Å². The van der Waals surface area contributed by atoms with Gasteiger partial charge in [-0.25, -0.2) is 9.97 Å². The van der Waals surface area contributed by atoms with E-state index in [0.29, 0.717) is 24.2 Å². The third-order valence-corrected chi connectivity index (χ3v) is 4.70. The number of hydrogen-bond acceptors (Lipinski definition) is 5. The molecule has 1 aliphatic heterocycles. The van der Waals surface area contributed by atoms with E-state index in [-0.39, 0.29) is 0 Å². The number of aryl methyl sites for hydroxylation is 1. The highest BCUT2D eigenvalue weighted by Gasteiger charge is 2.29. The van der Waals surface area contributed by atoms with E-state index in [2.05, 4.69) is 32.8 Å². The maximum atomic E-state index is 12.7. The van der Waals surface area contributed by atoms with Crippen molar-refractivity contribution in [3.8, 4) is 0 Å². The first kappa shape index (κ1) is 19.6. The van der Waals surface area contributed by atoms with E-state index in [1.54, 1.807) is 6.20 Å². The Morgan fingerprint density at radius 1 is 1.15 bits per heavy atom. The maximum absolute atomic E-state index is 12.7. The van der Waals surface area contributed by atoms with Crippen LogP contribution in [0, 0.1) is 0 Å². The highest BCUT2D eigenvalue weighted by atomic mass is 19.4. The van der Waals surface area contributed by atoms with E-state index < -0.39 is 11.7 Å². The number of aromatic nitrogens is 2. The Bertz CT molecular complexity index is 740. The smallest absolute Gasteiger partial charge is 0.324 e. The van der Waals surface area contributed by atoms with Crippen LogP contribution in [0.1, 0.15) is 36.6 Å². The lowest BCUT2D eigenvalue weighted by molar-refractivity contribution is -0.137. The normalized spacial score (nSPS) is 15.7. The van der Waals surface area contributed by atoms with Crippen LogP contribution in [0.25, 0.3) is 0 Å². The SMILES string of the molecule is CCc1cnc(Nc2ccc(C(F)(F)F)cc2)nc1CNC1CCNCC1. The van der Waals surface area contributed by atoms with E-state index in [9.17, 15) is 13.2 Å². The van der Waals surface area contributed by atoms with Crippen molar-refractivity contribution in [3.63, 3.8) is 0 Å². The summed E-state index contributed by atoms with van der Waals surface area (Å²) in [7, 11) is 0. The Morgan fingerprint density at radius 2 is 1.85 bits per heavy atom. The van der Waals surface area contributed by atoms with Crippen LogP contribution < -0.4 is 16.0 Å². The maximum Gasteiger partial charge on any atom is 0.416 e. The molecular weight excluding hydrogens is 355 g/mol. The molecule has 1 aromatic carbocycles. The number of benzene rings is 1. The summed E-state index contributed by atoms with van der Waals surface area (Å²) < 4.78 is 38.0. The van der Waals surface area contributed by atoms with E-state index >= 15 is 0 Å². The summed E-state index contributed by atoms with van der Waals surface area (Å²) in [4.78, 5) is 8.86. The molecule has 5 nitrogen and oxygen atoms in total. The fourth-order valence-corrected chi connectivity index (χ4v) is 3.09. The zero-order valence-corrected chi connectivity index (χ0v) is 15.2. The number of nitrogens with zero attached hydrogens (tertiary/aromatic N) is 2. The van der Waals surface area contributed by atoms with Crippen LogP contribution >= 0.6 is 0 Å². The Hall–Kier alpha value is -2.19. The summed E-state index contributed by atoms with van der Waals surface area (Å²) in [5.41, 5.74) is 1.82. The second kappa shape index (κ2) is 8.67. The van der Waals surface area contributed by atoms with Gasteiger partial charge in [0.25, 0.3) is 0 Å². The molecule has 3 N–H and O–H groups in total. The minimum Gasteiger partial charge on any atom is -0.324 e. The molecule has 0 aliphatic carbocycles. The first-order chi connectivity index (χ1) is 13.0. The number of rotatable bonds is 6. The average molecular weight is 379 g/mol. The fourth-order valence-electron chi connectivity index (χ4n) is 3.09. The van der Waals surface area contributed by atoms with Crippen LogP contribution in [0.5, 0.6) is 0 Å². The molecule has 0 atom stereocenters. The quantitative estimate of drug-likeness (QED) is 0.715. The highest BCUT2D eigenvalue weighted by molar-refractivity contribution is 5.54. The molecule has 8 heteroatoms. The number of alkyl halides is 3. The van der Waals surface area contributed by atoms with E-state index in [0.717, 1.165) is 55.7 Å². The van der Waals surface area contributed by atoms with Crippen LogP contribution in [0.2, 0.25) is 0 Å². The lowest BCUT2D eigenvalue weighted by Crippen LogP contribution is -2.39. The molecule has 0 bridgehead atoms. The third-order valence-electron chi connectivity index (χ3n) is 4.70. The molecule has 2 aromatic rings. The third kappa shape index (κ3) is 5.40. The molecule has 2 heterocycles. The first-order valence-electron chi connectivity index (χ1n) is 9.19. The van der Waals surface area contributed by atoms with Gasteiger partial charge in [-0.15, -0.1) is 0 Å². The molecular formula is C19H24F3N5. The predicted octanol–water partition coefficient (Wildman–Crippen LogP) is 3.64. The van der Waals surface area contributed by atoms with Gasteiger partial charge in [0.1, 0.15) is 0 Å². The Balaban J connectivity index is 1.68. The lowest BCUT2D eigenvalue weighted by Gasteiger charge is -2.24. The standard InChI is InChI=1S/C19H24F3N5/c1-2-13-11-25-18(26-16-5-3-14(4-6-16)19(20,21)22)27-17(13)12-24-15-7-9-23-10-8-15/h3-6,11,15,23-24H,2,7-10,12H2,1H3,(H,25,26,27). The summed E-state index contributed by atoms with van der Waals surface area (Å²) in [6, 6.07) is 5.32. The van der Waals surface area contributed by atoms with Crippen molar-refractivity contribution in [2.45, 2.75) is 44.9 Å². The predicted molar refractivity (Wildman–Crippen MR) is 98.9 cm³/mol. The molecule has 0 saturated carbocycles. The Kier molecular flexibility index (Phi) is 6.28. The minimum absolute atomic E-state index is 0.383. The largest absolute Gasteiger partial charge is 0.416 e. The molecule has 146 valence electrons. The Morgan fingerprint density at radius 3 is 2.48 bits per heavy atom.